The number of halogens is 1. The Bertz CT molecular complexity index is 744. The lowest BCUT2D eigenvalue weighted by atomic mass is 10.1. The molecule has 0 aliphatic carbocycles. The van der Waals surface area contributed by atoms with Crippen molar-refractivity contribution in [3.63, 3.8) is 0 Å². The molecule has 0 bridgehead atoms. The summed E-state index contributed by atoms with van der Waals surface area (Å²) >= 11 is 6.21. The molecule has 1 N–H and O–H groups in total. The highest BCUT2D eigenvalue weighted by Crippen LogP contribution is 2.32. The van der Waals surface area contributed by atoms with E-state index in [1.165, 1.54) is 0 Å². The van der Waals surface area contributed by atoms with Gasteiger partial charge in [0.05, 0.1) is 30.7 Å². The average molecular weight is 350 g/mol. The van der Waals surface area contributed by atoms with Gasteiger partial charge in [0.25, 0.3) is 0 Å². The molecule has 3 rings (SSSR count). The summed E-state index contributed by atoms with van der Waals surface area (Å²) in [5.41, 5.74) is 1.54. The van der Waals surface area contributed by atoms with Gasteiger partial charge < -0.3 is 9.64 Å². The number of nitrogens with one attached hydrogen (secondary N) is 1. The molecule has 0 aromatic carbocycles. The molecule has 2 aromatic heterocycles. The maximum atomic E-state index is 12.7. The number of pyridine rings is 1. The third-order valence-electron chi connectivity index (χ3n) is 4.22. The van der Waals surface area contributed by atoms with E-state index in [0.29, 0.717) is 28.8 Å². The molecule has 3 heterocycles. The number of rotatable bonds is 3. The van der Waals surface area contributed by atoms with Gasteiger partial charge in [-0.15, -0.1) is 0 Å². The summed E-state index contributed by atoms with van der Waals surface area (Å²) in [6.07, 6.45) is 3.49. The lowest BCUT2D eigenvalue weighted by Gasteiger charge is -2.24. The van der Waals surface area contributed by atoms with Crippen LogP contribution in [-0.2, 0) is 7.05 Å². The standard InChI is InChI=1S/C16H20ClN5O2/c1-10-14(17)15(21(2)20-10)19-16(23)22-8-4-5-13(22)12-7-6-11(24-3)9-18-12/h6-7,9,13H,4-5,8H2,1-3H3,(H,19,23). The van der Waals surface area contributed by atoms with Gasteiger partial charge in [-0.2, -0.15) is 5.10 Å². The first-order chi connectivity index (χ1) is 11.5. The number of likely N-dealkylation sites (tertiary alicyclic amines) is 1. The minimum absolute atomic E-state index is 0.0518. The van der Waals surface area contributed by atoms with E-state index in [9.17, 15) is 4.79 Å². The summed E-state index contributed by atoms with van der Waals surface area (Å²) in [6, 6.07) is 3.51. The maximum Gasteiger partial charge on any atom is 0.323 e. The minimum atomic E-state index is -0.194. The van der Waals surface area contributed by atoms with Crippen molar-refractivity contribution < 1.29 is 9.53 Å². The van der Waals surface area contributed by atoms with Crippen LogP contribution in [0.4, 0.5) is 10.6 Å². The van der Waals surface area contributed by atoms with Gasteiger partial charge in [-0.05, 0) is 31.9 Å². The molecule has 128 valence electrons. The Morgan fingerprint density at radius 3 is 2.83 bits per heavy atom. The number of amides is 2. The summed E-state index contributed by atoms with van der Waals surface area (Å²) in [4.78, 5) is 18.9. The van der Waals surface area contributed by atoms with Gasteiger partial charge in [-0.3, -0.25) is 15.0 Å². The van der Waals surface area contributed by atoms with Crippen molar-refractivity contribution in [2.45, 2.75) is 25.8 Å². The highest BCUT2D eigenvalue weighted by molar-refractivity contribution is 6.34. The van der Waals surface area contributed by atoms with Crippen LogP contribution in [0, 0.1) is 6.92 Å². The summed E-state index contributed by atoms with van der Waals surface area (Å²) in [6.45, 7) is 2.48. The first kappa shape index (κ1) is 16.6. The number of anilines is 1. The van der Waals surface area contributed by atoms with Gasteiger partial charge in [-0.25, -0.2) is 4.79 Å². The van der Waals surface area contributed by atoms with Crippen molar-refractivity contribution in [1.82, 2.24) is 19.7 Å². The number of hydrogen-bond donors (Lipinski definition) is 1. The van der Waals surface area contributed by atoms with Crippen molar-refractivity contribution in [1.29, 1.82) is 0 Å². The number of hydrogen-bond acceptors (Lipinski definition) is 4. The zero-order valence-corrected chi connectivity index (χ0v) is 14.7. The summed E-state index contributed by atoms with van der Waals surface area (Å²) in [5.74, 6) is 1.21. The number of aryl methyl sites for hydroxylation is 2. The molecule has 8 heteroatoms. The van der Waals surface area contributed by atoms with Crippen LogP contribution in [-0.4, -0.2) is 39.4 Å². The summed E-state index contributed by atoms with van der Waals surface area (Å²) in [7, 11) is 3.35. The lowest BCUT2D eigenvalue weighted by Crippen LogP contribution is -2.35. The second kappa shape index (κ2) is 6.68. The molecule has 0 spiro atoms. The molecule has 1 unspecified atom stereocenters. The number of methoxy groups -OCH3 is 1. The molecule has 2 amide bonds. The quantitative estimate of drug-likeness (QED) is 0.923. The van der Waals surface area contributed by atoms with Gasteiger partial charge in [0.15, 0.2) is 5.82 Å². The summed E-state index contributed by atoms with van der Waals surface area (Å²) < 4.78 is 6.71. The Morgan fingerprint density at radius 2 is 2.25 bits per heavy atom. The number of carbonyl (C=O) groups excluding carboxylic acids is 1. The third kappa shape index (κ3) is 3.03. The van der Waals surface area contributed by atoms with Crippen LogP contribution in [0.1, 0.15) is 30.3 Å². The minimum Gasteiger partial charge on any atom is -0.495 e. The number of nitrogens with zero attached hydrogens (tertiary/aromatic N) is 4. The maximum absolute atomic E-state index is 12.7. The molecular weight excluding hydrogens is 330 g/mol. The topological polar surface area (TPSA) is 72.3 Å². The fourth-order valence-electron chi connectivity index (χ4n) is 2.97. The smallest absolute Gasteiger partial charge is 0.323 e. The normalized spacial score (nSPS) is 17.2. The second-order valence-corrected chi connectivity index (χ2v) is 6.15. The average Bonchev–Trinajstić information content (AvgIpc) is 3.16. The highest BCUT2D eigenvalue weighted by atomic mass is 35.5. The van der Waals surface area contributed by atoms with E-state index in [1.54, 1.807) is 36.9 Å². The van der Waals surface area contributed by atoms with E-state index in [1.807, 2.05) is 12.1 Å². The molecule has 24 heavy (non-hydrogen) atoms. The first-order valence-electron chi connectivity index (χ1n) is 7.78. The van der Waals surface area contributed by atoms with Gasteiger partial charge in [0.2, 0.25) is 0 Å². The number of ether oxygens (including phenoxy) is 1. The number of urea groups is 1. The molecule has 7 nitrogen and oxygen atoms in total. The van der Waals surface area contributed by atoms with Crippen LogP contribution in [0.15, 0.2) is 18.3 Å². The Balaban J connectivity index is 1.78. The molecule has 0 saturated carbocycles. The van der Waals surface area contributed by atoms with Crippen LogP contribution in [0.5, 0.6) is 5.75 Å². The van der Waals surface area contributed by atoms with Crippen molar-refractivity contribution in [3.8, 4) is 5.75 Å². The Hall–Kier alpha value is -2.28. The predicted octanol–water partition coefficient (Wildman–Crippen LogP) is 3.15. The molecule has 1 aliphatic heterocycles. The summed E-state index contributed by atoms with van der Waals surface area (Å²) in [5, 5.41) is 7.54. The van der Waals surface area contributed by atoms with Crippen LogP contribution in [0.25, 0.3) is 0 Å². The van der Waals surface area contributed by atoms with E-state index >= 15 is 0 Å². The van der Waals surface area contributed by atoms with E-state index in [0.717, 1.165) is 18.5 Å². The van der Waals surface area contributed by atoms with Crippen LogP contribution in [0.3, 0.4) is 0 Å². The van der Waals surface area contributed by atoms with Crippen molar-refractivity contribution in [2.24, 2.45) is 7.05 Å². The van der Waals surface area contributed by atoms with E-state index < -0.39 is 0 Å². The van der Waals surface area contributed by atoms with Gasteiger partial charge in [0, 0.05) is 13.6 Å². The van der Waals surface area contributed by atoms with E-state index in [4.69, 9.17) is 16.3 Å². The molecule has 1 aliphatic rings. The molecule has 1 fully saturated rings. The molecule has 1 atom stereocenters. The Labute approximate surface area is 145 Å². The van der Waals surface area contributed by atoms with Crippen LogP contribution < -0.4 is 10.1 Å². The van der Waals surface area contributed by atoms with Crippen molar-refractivity contribution in [2.75, 3.05) is 19.0 Å². The zero-order valence-electron chi connectivity index (χ0n) is 13.9. The third-order valence-corrected chi connectivity index (χ3v) is 4.68. The Kier molecular flexibility index (Phi) is 4.62. The van der Waals surface area contributed by atoms with Crippen LogP contribution in [0.2, 0.25) is 5.02 Å². The van der Waals surface area contributed by atoms with Gasteiger partial charge >= 0.3 is 6.03 Å². The van der Waals surface area contributed by atoms with E-state index in [2.05, 4.69) is 15.4 Å². The van der Waals surface area contributed by atoms with Crippen molar-refractivity contribution in [3.05, 3.63) is 34.7 Å². The number of carbonyl (C=O) groups is 1. The first-order valence-corrected chi connectivity index (χ1v) is 8.15. The lowest BCUT2D eigenvalue weighted by molar-refractivity contribution is 0.206. The van der Waals surface area contributed by atoms with Crippen LogP contribution >= 0.6 is 11.6 Å². The molecule has 1 saturated heterocycles. The van der Waals surface area contributed by atoms with E-state index in [-0.39, 0.29) is 12.1 Å². The second-order valence-electron chi connectivity index (χ2n) is 5.78. The monoisotopic (exact) mass is 349 g/mol. The number of aromatic nitrogens is 3. The largest absolute Gasteiger partial charge is 0.495 e. The molecular formula is C16H20ClN5O2. The SMILES string of the molecule is COc1ccc(C2CCCN2C(=O)Nc2c(Cl)c(C)nn2C)nc1. The Morgan fingerprint density at radius 1 is 1.46 bits per heavy atom. The highest BCUT2D eigenvalue weighted by Gasteiger charge is 2.31. The molecule has 0 radical (unpaired) electrons. The van der Waals surface area contributed by atoms with Gasteiger partial charge in [-0.1, -0.05) is 11.6 Å². The van der Waals surface area contributed by atoms with Gasteiger partial charge in [0.1, 0.15) is 10.8 Å². The molecule has 2 aromatic rings. The zero-order chi connectivity index (χ0) is 17.3. The van der Waals surface area contributed by atoms with Crippen molar-refractivity contribution >= 4 is 23.4 Å². The fraction of sp³-hybridized carbons (Fsp3) is 0.438. The fourth-order valence-corrected chi connectivity index (χ4v) is 3.18. The predicted molar refractivity (Wildman–Crippen MR) is 91.4 cm³/mol.